The lowest BCUT2D eigenvalue weighted by Crippen LogP contribution is -2.45. The number of nitrogens with zero attached hydrogens (tertiary/aromatic N) is 2. The third-order valence-electron chi connectivity index (χ3n) is 3.47. The minimum atomic E-state index is -4.45. The van der Waals surface area contributed by atoms with Gasteiger partial charge in [-0.3, -0.25) is 4.79 Å². The lowest BCUT2D eigenvalue weighted by atomic mass is 10.1. The molecule has 0 spiro atoms. The number of benzene rings is 1. The van der Waals surface area contributed by atoms with Crippen molar-refractivity contribution in [3.05, 3.63) is 35.1 Å². The summed E-state index contributed by atoms with van der Waals surface area (Å²) >= 11 is 1.56. The zero-order valence-electron chi connectivity index (χ0n) is 15.5. The number of hydrogen-bond acceptors (Lipinski definition) is 3. The van der Waals surface area contributed by atoms with Crippen molar-refractivity contribution in [2.24, 2.45) is 4.99 Å². The molecule has 0 aromatic heterocycles. The quantitative estimate of drug-likeness (QED) is 0.395. The number of rotatable bonds is 8. The van der Waals surface area contributed by atoms with Crippen molar-refractivity contribution in [1.82, 2.24) is 15.5 Å². The third kappa shape index (κ3) is 8.98. The molecule has 1 amide bonds. The molecule has 152 valence electrons. The van der Waals surface area contributed by atoms with Gasteiger partial charge in [-0.15, -0.1) is 0 Å². The summed E-state index contributed by atoms with van der Waals surface area (Å²) in [5, 5.41) is 5.65. The predicted octanol–water partition coefficient (Wildman–Crippen LogP) is 2.76. The van der Waals surface area contributed by atoms with Gasteiger partial charge in [-0.05, 0) is 36.4 Å². The van der Waals surface area contributed by atoms with Crippen LogP contribution in [0.5, 0.6) is 0 Å². The number of carbonyl (C=O) groups is 1. The number of thioether (sulfide) groups is 1. The van der Waals surface area contributed by atoms with Crippen LogP contribution in [0, 0.1) is 5.82 Å². The van der Waals surface area contributed by atoms with Crippen LogP contribution in [0.3, 0.4) is 0 Å². The molecular formula is C17H24F4N4OS. The highest BCUT2D eigenvalue weighted by molar-refractivity contribution is 7.97. The number of hydrogen-bond donors (Lipinski definition) is 2. The molecule has 0 saturated carbocycles. The summed E-state index contributed by atoms with van der Waals surface area (Å²) in [5.41, 5.74) is 1.66. The summed E-state index contributed by atoms with van der Waals surface area (Å²) in [6.07, 6.45) is -2.54. The number of halogens is 4. The second-order valence-corrected chi connectivity index (χ2v) is 6.63. The Morgan fingerprint density at radius 2 is 1.96 bits per heavy atom. The van der Waals surface area contributed by atoms with E-state index in [0.717, 1.165) is 18.2 Å². The van der Waals surface area contributed by atoms with Crippen LogP contribution in [0.2, 0.25) is 0 Å². The first kappa shape index (κ1) is 23.1. The number of aliphatic imine (C=N–C) groups is 1. The van der Waals surface area contributed by atoms with Crippen molar-refractivity contribution >= 4 is 23.6 Å². The van der Waals surface area contributed by atoms with Crippen LogP contribution in [-0.4, -0.2) is 55.9 Å². The molecule has 2 N–H and O–H groups in total. The van der Waals surface area contributed by atoms with Crippen molar-refractivity contribution in [3.63, 3.8) is 0 Å². The smallest absolute Gasteiger partial charge is 0.357 e. The molecule has 0 aliphatic heterocycles. The lowest BCUT2D eigenvalue weighted by Gasteiger charge is -2.20. The Bertz CT molecular complexity index is 652. The predicted molar refractivity (Wildman–Crippen MR) is 100 cm³/mol. The second kappa shape index (κ2) is 11.0. The van der Waals surface area contributed by atoms with Crippen LogP contribution in [0.1, 0.15) is 18.1 Å². The summed E-state index contributed by atoms with van der Waals surface area (Å²) in [4.78, 5) is 16.8. The van der Waals surface area contributed by atoms with E-state index in [0.29, 0.717) is 23.2 Å². The second-order valence-electron chi connectivity index (χ2n) is 5.76. The highest BCUT2D eigenvalue weighted by atomic mass is 32.2. The maximum absolute atomic E-state index is 13.4. The lowest BCUT2D eigenvalue weighted by molar-refractivity contribution is -0.157. The maximum atomic E-state index is 13.4. The van der Waals surface area contributed by atoms with E-state index in [9.17, 15) is 22.4 Å². The molecule has 0 aliphatic rings. The third-order valence-corrected chi connectivity index (χ3v) is 4.07. The van der Waals surface area contributed by atoms with Crippen LogP contribution in [0.25, 0.3) is 0 Å². The number of guanidine groups is 1. The van der Waals surface area contributed by atoms with Crippen molar-refractivity contribution < 1.29 is 22.4 Å². The van der Waals surface area contributed by atoms with Gasteiger partial charge in [-0.1, -0.05) is 6.07 Å². The van der Waals surface area contributed by atoms with E-state index in [1.165, 1.54) is 12.1 Å². The fourth-order valence-corrected chi connectivity index (χ4v) is 2.78. The van der Waals surface area contributed by atoms with Crippen molar-refractivity contribution in [3.8, 4) is 0 Å². The van der Waals surface area contributed by atoms with Crippen molar-refractivity contribution in [2.75, 3.05) is 32.9 Å². The molecule has 1 aromatic carbocycles. The molecule has 0 unspecified atom stereocenters. The molecule has 0 heterocycles. The van der Waals surface area contributed by atoms with Crippen LogP contribution in [0.15, 0.2) is 23.2 Å². The first-order valence-corrected chi connectivity index (χ1v) is 9.64. The van der Waals surface area contributed by atoms with Crippen LogP contribution < -0.4 is 10.6 Å². The molecule has 0 radical (unpaired) electrons. The Morgan fingerprint density at radius 1 is 1.26 bits per heavy atom. The van der Waals surface area contributed by atoms with Gasteiger partial charge in [0.25, 0.3) is 0 Å². The first-order valence-electron chi connectivity index (χ1n) is 8.25. The molecule has 0 fully saturated rings. The summed E-state index contributed by atoms with van der Waals surface area (Å²) in [5.74, 6) is -0.101. The molecule has 0 bridgehead atoms. The number of nitrogens with one attached hydrogen (secondary N) is 2. The van der Waals surface area contributed by atoms with Gasteiger partial charge >= 0.3 is 6.18 Å². The standard InChI is InChI=1S/C17H24F4N4OS/c1-4-22-16(24-9-15(26)25(2)11-17(19,20)21)23-8-12-5-6-14(18)7-13(12)10-27-3/h5-7H,4,8-11H2,1-3H3,(H2,22,23,24). The summed E-state index contributed by atoms with van der Waals surface area (Å²) in [7, 11) is 1.09. The Hall–Kier alpha value is -1.97. The maximum Gasteiger partial charge on any atom is 0.406 e. The Balaban J connectivity index is 2.74. The largest absolute Gasteiger partial charge is 0.406 e. The monoisotopic (exact) mass is 408 g/mol. The van der Waals surface area contributed by atoms with Gasteiger partial charge in [0.05, 0.1) is 13.1 Å². The number of likely N-dealkylation sites (N-methyl/N-ethyl adjacent to an activating group) is 1. The molecule has 0 saturated heterocycles. The Kier molecular flexibility index (Phi) is 9.40. The SMILES string of the molecule is CCNC(=NCc1ccc(F)cc1CSC)NCC(=O)N(C)CC(F)(F)F. The van der Waals surface area contributed by atoms with Gasteiger partial charge in [0, 0.05) is 19.3 Å². The van der Waals surface area contributed by atoms with Crippen LogP contribution >= 0.6 is 11.8 Å². The zero-order chi connectivity index (χ0) is 20.4. The van der Waals surface area contributed by atoms with Gasteiger partial charge in [0.1, 0.15) is 12.4 Å². The summed E-state index contributed by atoms with van der Waals surface area (Å²) < 4.78 is 50.4. The van der Waals surface area contributed by atoms with E-state index >= 15 is 0 Å². The summed E-state index contributed by atoms with van der Waals surface area (Å²) in [6, 6.07) is 4.46. The summed E-state index contributed by atoms with van der Waals surface area (Å²) in [6.45, 7) is 0.956. The van der Waals surface area contributed by atoms with Gasteiger partial charge in [0.15, 0.2) is 5.96 Å². The van der Waals surface area contributed by atoms with Crippen LogP contribution in [0.4, 0.5) is 17.6 Å². The van der Waals surface area contributed by atoms with Gasteiger partial charge in [-0.25, -0.2) is 9.38 Å². The minimum Gasteiger partial charge on any atom is -0.357 e. The molecule has 10 heteroatoms. The molecule has 1 aromatic rings. The number of carbonyl (C=O) groups excluding carboxylic acids is 1. The van der Waals surface area contributed by atoms with Crippen molar-refractivity contribution in [1.29, 1.82) is 0 Å². The first-order chi connectivity index (χ1) is 12.7. The van der Waals surface area contributed by atoms with E-state index in [4.69, 9.17) is 0 Å². The Labute approximate surface area is 160 Å². The topological polar surface area (TPSA) is 56.7 Å². The fraction of sp³-hybridized carbons (Fsp3) is 0.529. The van der Waals surface area contributed by atoms with E-state index < -0.39 is 18.6 Å². The average Bonchev–Trinajstić information content (AvgIpc) is 2.57. The highest BCUT2D eigenvalue weighted by Crippen LogP contribution is 2.18. The van der Waals surface area contributed by atoms with Crippen LogP contribution in [-0.2, 0) is 17.1 Å². The highest BCUT2D eigenvalue weighted by Gasteiger charge is 2.31. The average molecular weight is 408 g/mol. The Morgan fingerprint density at radius 3 is 2.56 bits per heavy atom. The molecule has 27 heavy (non-hydrogen) atoms. The van der Waals surface area contributed by atoms with E-state index in [-0.39, 0.29) is 18.9 Å². The molecular weight excluding hydrogens is 384 g/mol. The molecule has 0 aliphatic carbocycles. The molecule has 0 atom stereocenters. The zero-order valence-corrected chi connectivity index (χ0v) is 16.3. The fourth-order valence-electron chi connectivity index (χ4n) is 2.20. The molecule has 1 rings (SSSR count). The van der Waals surface area contributed by atoms with Gasteiger partial charge < -0.3 is 15.5 Å². The van der Waals surface area contributed by atoms with Gasteiger partial charge in [0.2, 0.25) is 5.91 Å². The van der Waals surface area contributed by atoms with Crippen molar-refractivity contribution in [2.45, 2.75) is 25.4 Å². The normalized spacial score (nSPS) is 12.0. The molecule has 5 nitrogen and oxygen atoms in total. The number of alkyl halides is 3. The van der Waals surface area contributed by atoms with Gasteiger partial charge in [-0.2, -0.15) is 24.9 Å². The van der Waals surface area contributed by atoms with E-state index in [1.807, 2.05) is 13.2 Å². The van der Waals surface area contributed by atoms with E-state index in [2.05, 4.69) is 15.6 Å². The van der Waals surface area contributed by atoms with E-state index in [1.54, 1.807) is 17.8 Å². The number of amides is 1. The minimum absolute atomic E-state index is 0.248.